The van der Waals surface area contributed by atoms with E-state index in [0.29, 0.717) is 6.04 Å². The van der Waals surface area contributed by atoms with Crippen molar-refractivity contribution in [2.24, 2.45) is 0 Å². The highest BCUT2D eigenvalue weighted by atomic mass is 32.2. The third-order valence-electron chi connectivity index (χ3n) is 3.91. The molecular weight excluding hydrogens is 364 g/mol. The third-order valence-corrected chi connectivity index (χ3v) is 6.10. The lowest BCUT2D eigenvalue weighted by Gasteiger charge is -2.15. The molecule has 3 aromatic rings. The highest BCUT2D eigenvalue weighted by molar-refractivity contribution is 8.02. The topological polar surface area (TPSA) is 66.9 Å². The van der Waals surface area contributed by atoms with Crippen LogP contribution in [0.3, 0.4) is 0 Å². The Hall–Kier alpha value is -2.38. The van der Waals surface area contributed by atoms with Crippen LogP contribution in [-0.2, 0) is 4.79 Å². The number of aromatic nitrogens is 2. The Kier molecular flexibility index (Phi) is 5.17. The van der Waals surface area contributed by atoms with Gasteiger partial charge in [-0.2, -0.15) is 0 Å². The van der Waals surface area contributed by atoms with Crippen molar-refractivity contribution in [3.8, 4) is 0 Å². The Labute approximate surface area is 160 Å². The zero-order valence-electron chi connectivity index (χ0n) is 14.0. The number of nitrogens with zero attached hydrogens (tertiary/aromatic N) is 2. The second kappa shape index (κ2) is 7.88. The molecule has 0 bridgehead atoms. The van der Waals surface area contributed by atoms with Gasteiger partial charge < -0.3 is 10.6 Å². The molecule has 0 spiro atoms. The number of hydrogen-bond acceptors (Lipinski definition) is 6. The van der Waals surface area contributed by atoms with Crippen LogP contribution in [0.2, 0.25) is 0 Å². The monoisotopic (exact) mass is 382 g/mol. The van der Waals surface area contributed by atoms with Crippen LogP contribution in [0.5, 0.6) is 0 Å². The molecule has 1 fully saturated rings. The van der Waals surface area contributed by atoms with Crippen LogP contribution in [-0.4, -0.2) is 22.1 Å². The van der Waals surface area contributed by atoms with Crippen LogP contribution in [0.4, 0.5) is 10.8 Å². The Morgan fingerprint density at radius 3 is 2.42 bits per heavy atom. The molecule has 132 valence electrons. The highest BCUT2D eigenvalue weighted by Gasteiger charge is 2.26. The molecule has 1 aliphatic rings. The van der Waals surface area contributed by atoms with E-state index in [9.17, 15) is 4.79 Å². The molecule has 4 rings (SSSR count). The van der Waals surface area contributed by atoms with E-state index in [-0.39, 0.29) is 5.91 Å². The Bertz CT molecular complexity index is 866. The van der Waals surface area contributed by atoms with Crippen molar-refractivity contribution in [3.63, 3.8) is 0 Å². The van der Waals surface area contributed by atoms with Gasteiger partial charge in [-0.3, -0.25) is 4.79 Å². The largest absolute Gasteiger partial charge is 0.357 e. The first-order valence-electron chi connectivity index (χ1n) is 8.45. The number of thioether (sulfide) groups is 1. The number of amides is 1. The van der Waals surface area contributed by atoms with E-state index >= 15 is 0 Å². The first kappa shape index (κ1) is 17.1. The van der Waals surface area contributed by atoms with Crippen molar-refractivity contribution in [1.82, 2.24) is 10.2 Å². The molecule has 5 nitrogen and oxygen atoms in total. The number of carbonyl (C=O) groups is 1. The minimum Gasteiger partial charge on any atom is -0.357 e. The van der Waals surface area contributed by atoms with E-state index in [1.165, 1.54) is 35.9 Å². The van der Waals surface area contributed by atoms with Crippen molar-refractivity contribution in [3.05, 3.63) is 66.2 Å². The van der Waals surface area contributed by atoms with E-state index in [1.54, 1.807) is 0 Å². The van der Waals surface area contributed by atoms with Gasteiger partial charge in [0.15, 0.2) is 4.34 Å². The maximum atomic E-state index is 12.9. The fourth-order valence-electron chi connectivity index (χ4n) is 2.45. The maximum Gasteiger partial charge on any atom is 0.242 e. The van der Waals surface area contributed by atoms with E-state index in [4.69, 9.17) is 0 Å². The molecule has 0 saturated heterocycles. The van der Waals surface area contributed by atoms with Gasteiger partial charge in [0.1, 0.15) is 5.25 Å². The summed E-state index contributed by atoms with van der Waals surface area (Å²) < 4.78 is 0.783. The average molecular weight is 383 g/mol. The third kappa shape index (κ3) is 4.42. The SMILES string of the molecule is O=C(Nc1ccccc1)C(Sc1nnc(NC2CC2)s1)c1ccccc1. The van der Waals surface area contributed by atoms with Crippen molar-refractivity contribution in [1.29, 1.82) is 0 Å². The normalized spacial score (nSPS) is 14.6. The standard InChI is InChI=1S/C19H18N4OS2/c24-17(20-14-9-5-2-6-10-14)16(13-7-3-1-4-8-13)25-19-23-22-18(26-19)21-15-11-12-15/h1-10,15-16H,11-12H2,(H,20,24)(H,21,22). The van der Waals surface area contributed by atoms with E-state index < -0.39 is 5.25 Å². The lowest BCUT2D eigenvalue weighted by molar-refractivity contribution is -0.115. The fourth-order valence-corrected chi connectivity index (χ4v) is 4.47. The van der Waals surface area contributed by atoms with Gasteiger partial charge in [0, 0.05) is 11.7 Å². The summed E-state index contributed by atoms with van der Waals surface area (Å²) in [6.45, 7) is 0. The van der Waals surface area contributed by atoms with Gasteiger partial charge in [0.05, 0.1) is 0 Å². The molecule has 0 aliphatic heterocycles. The number of hydrogen-bond donors (Lipinski definition) is 2. The summed E-state index contributed by atoms with van der Waals surface area (Å²) in [5.41, 5.74) is 1.73. The summed E-state index contributed by atoms with van der Waals surface area (Å²) in [7, 11) is 0. The molecule has 26 heavy (non-hydrogen) atoms. The summed E-state index contributed by atoms with van der Waals surface area (Å²) in [6.07, 6.45) is 2.38. The number of anilines is 2. The lowest BCUT2D eigenvalue weighted by Crippen LogP contribution is -2.18. The summed E-state index contributed by atoms with van der Waals surface area (Å²) in [5, 5.41) is 15.2. The number of benzene rings is 2. The fraction of sp³-hybridized carbons (Fsp3) is 0.211. The van der Waals surface area contributed by atoms with Gasteiger partial charge in [-0.25, -0.2) is 0 Å². The average Bonchev–Trinajstić information content (AvgIpc) is 3.38. The lowest BCUT2D eigenvalue weighted by atomic mass is 10.1. The zero-order valence-corrected chi connectivity index (χ0v) is 15.6. The molecule has 0 radical (unpaired) electrons. The summed E-state index contributed by atoms with van der Waals surface area (Å²) in [4.78, 5) is 12.9. The first-order valence-corrected chi connectivity index (χ1v) is 10.1. The maximum absolute atomic E-state index is 12.9. The van der Waals surface area contributed by atoms with Gasteiger partial charge in [-0.05, 0) is 30.5 Å². The minimum atomic E-state index is -0.391. The predicted molar refractivity (Wildman–Crippen MR) is 107 cm³/mol. The van der Waals surface area contributed by atoms with Gasteiger partial charge in [-0.15, -0.1) is 10.2 Å². The number of carbonyl (C=O) groups excluding carboxylic acids is 1. The molecule has 2 aromatic carbocycles. The Morgan fingerprint density at radius 1 is 1.04 bits per heavy atom. The second-order valence-electron chi connectivity index (χ2n) is 6.06. The highest BCUT2D eigenvalue weighted by Crippen LogP contribution is 2.39. The van der Waals surface area contributed by atoms with Crippen LogP contribution in [0, 0.1) is 0 Å². The van der Waals surface area contributed by atoms with Crippen LogP contribution < -0.4 is 10.6 Å². The van der Waals surface area contributed by atoms with Crippen molar-refractivity contribution in [2.75, 3.05) is 10.6 Å². The Balaban J connectivity index is 1.52. The van der Waals surface area contributed by atoms with Gasteiger partial charge in [0.25, 0.3) is 0 Å². The molecule has 2 N–H and O–H groups in total. The Morgan fingerprint density at radius 2 is 1.73 bits per heavy atom. The van der Waals surface area contributed by atoms with Crippen LogP contribution in [0.25, 0.3) is 0 Å². The molecule has 1 aromatic heterocycles. The number of para-hydroxylation sites is 1. The predicted octanol–water partition coefficient (Wildman–Crippen LogP) is 4.58. The van der Waals surface area contributed by atoms with Gasteiger partial charge in [0.2, 0.25) is 11.0 Å². The molecular formula is C19H18N4OS2. The van der Waals surface area contributed by atoms with E-state index in [0.717, 1.165) is 20.7 Å². The minimum absolute atomic E-state index is 0.0701. The van der Waals surface area contributed by atoms with E-state index in [2.05, 4.69) is 20.8 Å². The molecule has 1 heterocycles. The van der Waals surface area contributed by atoms with Crippen LogP contribution >= 0.6 is 23.1 Å². The van der Waals surface area contributed by atoms with Crippen molar-refractivity contribution >= 4 is 39.8 Å². The van der Waals surface area contributed by atoms with E-state index in [1.807, 2.05) is 60.7 Å². The molecule has 1 saturated carbocycles. The van der Waals surface area contributed by atoms with Crippen molar-refractivity contribution in [2.45, 2.75) is 28.5 Å². The molecule has 1 aliphatic carbocycles. The molecule has 1 unspecified atom stereocenters. The van der Waals surface area contributed by atoms with Crippen LogP contribution in [0.1, 0.15) is 23.7 Å². The van der Waals surface area contributed by atoms with Crippen molar-refractivity contribution < 1.29 is 4.79 Å². The summed E-state index contributed by atoms with van der Waals surface area (Å²) in [5.74, 6) is -0.0701. The van der Waals surface area contributed by atoms with Crippen LogP contribution in [0.15, 0.2) is 65.0 Å². The quantitative estimate of drug-likeness (QED) is 0.585. The summed E-state index contributed by atoms with van der Waals surface area (Å²) in [6, 6.07) is 19.8. The first-order chi connectivity index (χ1) is 12.8. The second-order valence-corrected chi connectivity index (χ2v) is 8.39. The molecule has 1 amide bonds. The number of rotatable bonds is 7. The summed E-state index contributed by atoms with van der Waals surface area (Å²) >= 11 is 2.93. The number of nitrogens with one attached hydrogen (secondary N) is 2. The van der Waals surface area contributed by atoms with Gasteiger partial charge >= 0.3 is 0 Å². The molecule has 1 atom stereocenters. The molecule has 7 heteroatoms. The van der Waals surface area contributed by atoms with Gasteiger partial charge in [-0.1, -0.05) is 71.6 Å². The smallest absolute Gasteiger partial charge is 0.242 e. The zero-order chi connectivity index (χ0) is 17.8.